The summed E-state index contributed by atoms with van der Waals surface area (Å²) in [5.74, 6) is 6.21. The first-order chi connectivity index (χ1) is 7.26. The lowest BCUT2D eigenvalue weighted by Gasteiger charge is -2.00. The van der Waals surface area contributed by atoms with Gasteiger partial charge in [-0.3, -0.25) is 0 Å². The van der Waals surface area contributed by atoms with Gasteiger partial charge in [-0.1, -0.05) is 44.2 Å². The van der Waals surface area contributed by atoms with Crippen LogP contribution < -0.4 is 5.73 Å². The molecule has 0 heterocycles. The van der Waals surface area contributed by atoms with Crippen LogP contribution >= 0.6 is 0 Å². The van der Waals surface area contributed by atoms with Crippen LogP contribution in [0.2, 0.25) is 0 Å². The van der Waals surface area contributed by atoms with Gasteiger partial charge in [0.15, 0.2) is 0 Å². The molecule has 1 atom stereocenters. The highest BCUT2D eigenvalue weighted by Gasteiger charge is 1.94. The van der Waals surface area contributed by atoms with Crippen molar-refractivity contribution in [1.29, 1.82) is 0 Å². The number of benzene rings is 1. The molecule has 1 aromatic carbocycles. The molecule has 80 valence electrons. The summed E-state index contributed by atoms with van der Waals surface area (Å²) >= 11 is 0. The number of nitrogens with two attached hydrogens (primary N) is 1. The van der Waals surface area contributed by atoms with E-state index in [-0.39, 0.29) is 6.04 Å². The molecule has 0 amide bonds. The van der Waals surface area contributed by atoms with Crippen LogP contribution in [0.5, 0.6) is 0 Å². The van der Waals surface area contributed by atoms with Gasteiger partial charge in [-0.25, -0.2) is 0 Å². The summed E-state index contributed by atoms with van der Waals surface area (Å²) in [4.78, 5) is 0. The normalized spacial score (nSPS) is 11.7. The summed E-state index contributed by atoms with van der Waals surface area (Å²) in [7, 11) is 0. The van der Waals surface area contributed by atoms with Gasteiger partial charge in [-0.15, -0.1) is 0 Å². The van der Waals surface area contributed by atoms with Gasteiger partial charge in [0.05, 0.1) is 6.04 Å². The molecular weight excluding hydrogens is 182 g/mol. The minimum Gasteiger partial charge on any atom is -0.318 e. The molecule has 1 rings (SSSR count). The molecule has 0 aliphatic heterocycles. The first kappa shape index (κ1) is 11.8. The molecule has 0 fully saturated rings. The molecule has 0 saturated heterocycles. The van der Waals surface area contributed by atoms with Crippen LogP contribution in [-0.2, 0) is 6.42 Å². The molecule has 0 saturated carbocycles. The smallest absolute Gasteiger partial charge is 0.0668 e. The Labute approximate surface area is 92.7 Å². The third-order valence-corrected chi connectivity index (χ3v) is 2.34. The zero-order chi connectivity index (χ0) is 11.1. The second-order valence-electron chi connectivity index (χ2n) is 3.72. The Hall–Kier alpha value is -1.26. The van der Waals surface area contributed by atoms with Crippen LogP contribution in [0.3, 0.4) is 0 Å². The zero-order valence-electron chi connectivity index (χ0n) is 9.59. The van der Waals surface area contributed by atoms with Gasteiger partial charge in [0.2, 0.25) is 0 Å². The molecule has 0 spiro atoms. The number of hydrogen-bond acceptors (Lipinski definition) is 1. The fourth-order valence-corrected chi connectivity index (χ4v) is 1.43. The summed E-state index contributed by atoms with van der Waals surface area (Å²) < 4.78 is 0. The lowest BCUT2D eigenvalue weighted by Crippen LogP contribution is -2.16. The number of aryl methyl sites for hydroxylation is 1. The Balaban J connectivity index is 2.70. The van der Waals surface area contributed by atoms with Crippen molar-refractivity contribution < 1.29 is 0 Å². The largest absolute Gasteiger partial charge is 0.318 e. The minimum absolute atomic E-state index is 0.0142. The van der Waals surface area contributed by atoms with E-state index in [1.54, 1.807) is 0 Å². The van der Waals surface area contributed by atoms with E-state index in [0.717, 1.165) is 24.8 Å². The highest BCUT2D eigenvalue weighted by Crippen LogP contribution is 2.04. The van der Waals surface area contributed by atoms with Gasteiger partial charge in [-0.2, -0.15) is 0 Å². The average Bonchev–Trinajstić information content (AvgIpc) is 2.27. The molecule has 0 aromatic heterocycles. The quantitative estimate of drug-likeness (QED) is 0.748. The third kappa shape index (κ3) is 4.18. The van der Waals surface area contributed by atoms with E-state index in [4.69, 9.17) is 5.73 Å². The first-order valence-electron chi connectivity index (χ1n) is 5.62. The van der Waals surface area contributed by atoms with Crippen molar-refractivity contribution in [3.05, 3.63) is 35.4 Å². The molecule has 1 aromatic rings. The van der Waals surface area contributed by atoms with Crippen LogP contribution in [-0.4, -0.2) is 6.04 Å². The van der Waals surface area contributed by atoms with Gasteiger partial charge in [0.1, 0.15) is 0 Å². The topological polar surface area (TPSA) is 26.0 Å². The summed E-state index contributed by atoms with van der Waals surface area (Å²) in [6.45, 7) is 4.27. The van der Waals surface area contributed by atoms with Crippen molar-refractivity contribution in [2.45, 2.75) is 39.2 Å². The average molecular weight is 201 g/mol. The molecule has 1 unspecified atom stereocenters. The van der Waals surface area contributed by atoms with Crippen molar-refractivity contribution in [1.82, 2.24) is 0 Å². The van der Waals surface area contributed by atoms with E-state index in [1.165, 1.54) is 5.56 Å². The lowest BCUT2D eigenvalue weighted by atomic mass is 10.1. The Bertz CT molecular complexity index is 357. The minimum atomic E-state index is 0.0142. The number of rotatable bonds is 3. The lowest BCUT2D eigenvalue weighted by molar-refractivity contribution is 0.720. The van der Waals surface area contributed by atoms with E-state index in [0.29, 0.717) is 0 Å². The Kier molecular flexibility index (Phi) is 4.93. The van der Waals surface area contributed by atoms with Crippen LogP contribution in [0, 0.1) is 11.8 Å². The fourth-order valence-electron chi connectivity index (χ4n) is 1.43. The highest BCUT2D eigenvalue weighted by molar-refractivity contribution is 5.37. The molecular formula is C14H19N. The standard InChI is InChI=1S/C14H19N/c1-3-6-14(15)10-9-13-8-5-7-12(4-2)11-13/h5,7-8,11,14H,3-4,6,15H2,1-2H3. The molecule has 0 aliphatic carbocycles. The Morgan fingerprint density at radius 3 is 2.80 bits per heavy atom. The SMILES string of the molecule is CCCC(N)C#Cc1cccc(CC)c1. The van der Waals surface area contributed by atoms with Crippen LogP contribution in [0.4, 0.5) is 0 Å². The molecule has 2 N–H and O–H groups in total. The molecule has 0 aliphatic rings. The summed E-state index contributed by atoms with van der Waals surface area (Å²) in [5, 5.41) is 0. The van der Waals surface area contributed by atoms with Crippen molar-refractivity contribution in [2.75, 3.05) is 0 Å². The van der Waals surface area contributed by atoms with Crippen LogP contribution in [0.15, 0.2) is 24.3 Å². The van der Waals surface area contributed by atoms with Gasteiger partial charge in [-0.05, 0) is 30.5 Å². The van der Waals surface area contributed by atoms with Crippen molar-refractivity contribution in [3.63, 3.8) is 0 Å². The molecule has 0 radical (unpaired) electrons. The van der Waals surface area contributed by atoms with Crippen molar-refractivity contribution in [2.24, 2.45) is 5.73 Å². The summed E-state index contributed by atoms with van der Waals surface area (Å²) in [5.41, 5.74) is 8.22. The maximum Gasteiger partial charge on any atom is 0.0668 e. The van der Waals surface area contributed by atoms with E-state index >= 15 is 0 Å². The second-order valence-corrected chi connectivity index (χ2v) is 3.72. The van der Waals surface area contributed by atoms with E-state index in [1.807, 2.05) is 12.1 Å². The summed E-state index contributed by atoms with van der Waals surface area (Å²) in [6.07, 6.45) is 3.11. The van der Waals surface area contributed by atoms with Crippen LogP contribution in [0.1, 0.15) is 37.8 Å². The van der Waals surface area contributed by atoms with Crippen molar-refractivity contribution in [3.8, 4) is 11.8 Å². The molecule has 1 nitrogen and oxygen atoms in total. The Morgan fingerprint density at radius 2 is 2.13 bits per heavy atom. The zero-order valence-corrected chi connectivity index (χ0v) is 9.59. The highest BCUT2D eigenvalue weighted by atomic mass is 14.6. The maximum atomic E-state index is 5.83. The van der Waals surface area contributed by atoms with Crippen LogP contribution in [0.25, 0.3) is 0 Å². The van der Waals surface area contributed by atoms with Gasteiger partial charge < -0.3 is 5.73 Å². The number of hydrogen-bond donors (Lipinski definition) is 1. The second kappa shape index (κ2) is 6.27. The monoisotopic (exact) mass is 201 g/mol. The van der Waals surface area contributed by atoms with E-state index in [2.05, 4.69) is 37.8 Å². The fraction of sp³-hybridized carbons (Fsp3) is 0.429. The van der Waals surface area contributed by atoms with E-state index in [9.17, 15) is 0 Å². The third-order valence-electron chi connectivity index (χ3n) is 2.34. The Morgan fingerprint density at radius 1 is 1.33 bits per heavy atom. The predicted molar refractivity (Wildman–Crippen MR) is 65.6 cm³/mol. The maximum absolute atomic E-state index is 5.83. The summed E-state index contributed by atoms with van der Waals surface area (Å²) in [6, 6.07) is 8.35. The van der Waals surface area contributed by atoms with Gasteiger partial charge in [0, 0.05) is 5.56 Å². The molecule has 1 heteroatoms. The predicted octanol–water partition coefficient (Wildman–Crippen LogP) is 2.73. The van der Waals surface area contributed by atoms with Gasteiger partial charge >= 0.3 is 0 Å². The molecule has 15 heavy (non-hydrogen) atoms. The molecule has 0 bridgehead atoms. The van der Waals surface area contributed by atoms with E-state index < -0.39 is 0 Å². The van der Waals surface area contributed by atoms with Gasteiger partial charge in [0.25, 0.3) is 0 Å². The first-order valence-corrected chi connectivity index (χ1v) is 5.62. The van der Waals surface area contributed by atoms with Crippen molar-refractivity contribution >= 4 is 0 Å².